The lowest BCUT2D eigenvalue weighted by Crippen LogP contribution is -2.05. The van der Waals surface area contributed by atoms with Crippen LogP contribution in [0.15, 0.2) is 219 Å². The smallest absolute Gasteiger partial charge is 0.309 e. The van der Waals surface area contributed by atoms with Gasteiger partial charge in [0.25, 0.3) is 0 Å². The second kappa shape index (κ2) is 14.3. The van der Waals surface area contributed by atoms with Crippen LogP contribution in [-0.4, -0.2) is 23.3 Å². The molecule has 14 rings (SSSR count). The average Bonchev–Trinajstić information content (AvgIpc) is 4.09. The van der Waals surface area contributed by atoms with E-state index >= 15 is 0 Å². The minimum atomic E-state index is -4.49. The summed E-state index contributed by atoms with van der Waals surface area (Å²) in [7, 11) is 0. The first kappa shape index (κ1) is 38.4. The predicted octanol–water partition coefficient (Wildman–Crippen LogP) is 16.2. The Bertz CT molecular complexity index is 4360. The molecule has 322 valence electrons. The Morgan fingerprint density at radius 2 is 0.721 bits per heavy atom. The summed E-state index contributed by atoms with van der Waals surface area (Å²) in [5, 5.41) is 8.44. The molecule has 5 nitrogen and oxygen atoms in total. The normalized spacial score (nSPS) is 12.3. The van der Waals surface area contributed by atoms with E-state index in [1.54, 1.807) is 6.07 Å². The fraction of sp³-hybridized carbons (Fsp3) is 0.0167. The van der Waals surface area contributed by atoms with Crippen molar-refractivity contribution in [1.82, 2.24) is 23.3 Å². The maximum atomic E-state index is 14.2. The molecule has 0 aliphatic heterocycles. The van der Waals surface area contributed by atoms with Crippen LogP contribution in [0.3, 0.4) is 0 Å². The molecule has 8 heteroatoms. The minimum absolute atomic E-state index is 0.496. The number of hydrogen-bond acceptors (Lipinski definition) is 1. The number of rotatable bonds is 5. The summed E-state index contributed by atoms with van der Waals surface area (Å²) < 4.78 is 51.5. The highest BCUT2D eigenvalue weighted by Gasteiger charge is 2.31. The molecule has 0 saturated heterocycles. The van der Waals surface area contributed by atoms with Gasteiger partial charge in [0.15, 0.2) is 0 Å². The monoisotopic (exact) mass is 883 g/mol. The molecule has 0 amide bonds. The Labute approximate surface area is 386 Å². The quantitative estimate of drug-likeness (QED) is 0.169. The lowest BCUT2D eigenvalue weighted by Gasteiger charge is -2.13. The van der Waals surface area contributed by atoms with E-state index in [1.165, 1.54) is 39.2 Å². The standard InChI is InChI=1S/C60H36F3N5/c61-60(62,63)39-26-27-46-50-34-49-45-22-9-12-25-53(45)68(58(49)36-56(50)66(54(46)32-39)41-17-5-2-6-18-41)59-31-38(28-29-64-59)37-14-13-19-42(30-37)67-52-24-11-8-21-44(52)48-33-47-43-20-7-10-23-51(43)65(55(47)35-57(48)67)40-15-3-1-4-16-40/h1-36H. The summed E-state index contributed by atoms with van der Waals surface area (Å²) in [6.45, 7) is 0. The van der Waals surface area contributed by atoms with Crippen molar-refractivity contribution in [3.05, 3.63) is 224 Å². The molecule has 68 heavy (non-hydrogen) atoms. The van der Waals surface area contributed by atoms with E-state index in [9.17, 15) is 13.2 Å². The summed E-state index contributed by atoms with van der Waals surface area (Å²) in [5.41, 5.74) is 12.0. The number of halogens is 3. The van der Waals surface area contributed by atoms with Crippen molar-refractivity contribution >= 4 is 87.2 Å². The minimum Gasteiger partial charge on any atom is -0.309 e. The van der Waals surface area contributed by atoms with Crippen molar-refractivity contribution in [3.8, 4) is 34.0 Å². The van der Waals surface area contributed by atoms with Crippen LogP contribution >= 0.6 is 0 Å². The van der Waals surface area contributed by atoms with Crippen LogP contribution in [0.4, 0.5) is 13.2 Å². The zero-order valence-electron chi connectivity index (χ0n) is 36.2. The van der Waals surface area contributed by atoms with Crippen molar-refractivity contribution in [3.63, 3.8) is 0 Å². The maximum absolute atomic E-state index is 14.2. The third kappa shape index (κ3) is 5.61. The first-order valence-corrected chi connectivity index (χ1v) is 22.6. The second-order valence-electron chi connectivity index (χ2n) is 17.5. The van der Waals surface area contributed by atoms with E-state index < -0.39 is 11.7 Å². The first-order valence-electron chi connectivity index (χ1n) is 22.6. The molecule has 0 aliphatic rings. The van der Waals surface area contributed by atoms with Gasteiger partial charge in [0.2, 0.25) is 0 Å². The van der Waals surface area contributed by atoms with Crippen molar-refractivity contribution in [2.24, 2.45) is 0 Å². The van der Waals surface area contributed by atoms with E-state index in [2.05, 4.69) is 159 Å². The molecule has 0 fully saturated rings. The molecular formula is C60H36F3N5. The topological polar surface area (TPSA) is 32.6 Å². The van der Waals surface area contributed by atoms with Crippen LogP contribution in [-0.2, 0) is 6.18 Å². The van der Waals surface area contributed by atoms with Gasteiger partial charge in [-0.25, -0.2) is 4.98 Å². The van der Waals surface area contributed by atoms with Gasteiger partial charge >= 0.3 is 6.18 Å². The Kier molecular flexibility index (Phi) is 8.08. The van der Waals surface area contributed by atoms with Crippen LogP contribution < -0.4 is 0 Å². The van der Waals surface area contributed by atoms with Crippen LogP contribution in [0.2, 0.25) is 0 Å². The van der Waals surface area contributed by atoms with Gasteiger partial charge < -0.3 is 13.7 Å². The maximum Gasteiger partial charge on any atom is 0.416 e. The average molecular weight is 884 g/mol. The molecule has 0 saturated carbocycles. The fourth-order valence-electron chi connectivity index (χ4n) is 10.9. The highest BCUT2D eigenvalue weighted by atomic mass is 19.4. The van der Waals surface area contributed by atoms with Gasteiger partial charge in [0.05, 0.1) is 49.7 Å². The third-order valence-corrected chi connectivity index (χ3v) is 13.8. The van der Waals surface area contributed by atoms with Crippen LogP contribution in [0.25, 0.3) is 121 Å². The molecule has 0 N–H and O–H groups in total. The van der Waals surface area contributed by atoms with Crippen LogP contribution in [0, 0.1) is 0 Å². The zero-order valence-corrected chi connectivity index (χ0v) is 36.2. The van der Waals surface area contributed by atoms with E-state index in [0.29, 0.717) is 5.52 Å². The number of hydrogen-bond donors (Lipinski definition) is 0. The first-order chi connectivity index (χ1) is 33.4. The second-order valence-corrected chi connectivity index (χ2v) is 17.5. The molecule has 0 atom stereocenters. The van der Waals surface area contributed by atoms with Gasteiger partial charge in [-0.05, 0) is 114 Å². The van der Waals surface area contributed by atoms with E-state index in [0.717, 1.165) is 88.7 Å². The van der Waals surface area contributed by atoms with Gasteiger partial charge in [-0.15, -0.1) is 0 Å². The Morgan fingerprint density at radius 3 is 1.28 bits per heavy atom. The van der Waals surface area contributed by atoms with E-state index in [4.69, 9.17) is 4.98 Å². The Balaban J connectivity index is 0.962. The molecule has 5 aromatic heterocycles. The van der Waals surface area contributed by atoms with Gasteiger partial charge in [-0.3, -0.25) is 4.57 Å². The third-order valence-electron chi connectivity index (χ3n) is 13.8. The van der Waals surface area contributed by atoms with Gasteiger partial charge in [0, 0.05) is 66.3 Å². The van der Waals surface area contributed by atoms with Gasteiger partial charge in [0.1, 0.15) is 5.82 Å². The van der Waals surface area contributed by atoms with Crippen molar-refractivity contribution in [1.29, 1.82) is 0 Å². The van der Waals surface area contributed by atoms with E-state index in [1.807, 2.05) is 59.3 Å². The number of alkyl halides is 3. The summed E-state index contributed by atoms with van der Waals surface area (Å²) in [4.78, 5) is 5.01. The zero-order chi connectivity index (χ0) is 45.3. The molecule has 5 heterocycles. The number of nitrogens with zero attached hydrogens (tertiary/aromatic N) is 5. The largest absolute Gasteiger partial charge is 0.416 e. The Hall–Kier alpha value is -8.88. The number of benzene rings is 9. The lowest BCUT2D eigenvalue weighted by atomic mass is 10.1. The molecule has 14 aromatic rings. The number of para-hydroxylation sites is 5. The molecule has 0 unspecified atom stereocenters. The fourth-order valence-corrected chi connectivity index (χ4v) is 10.9. The van der Waals surface area contributed by atoms with Gasteiger partial charge in [-0.1, -0.05) is 109 Å². The summed E-state index contributed by atoms with van der Waals surface area (Å²) in [6.07, 6.45) is -2.63. The van der Waals surface area contributed by atoms with E-state index in [-0.39, 0.29) is 0 Å². The molecule has 0 radical (unpaired) electrons. The molecule has 0 bridgehead atoms. The summed E-state index contributed by atoms with van der Waals surface area (Å²) in [6, 6.07) is 71.6. The molecule has 9 aromatic carbocycles. The molecular weight excluding hydrogens is 848 g/mol. The summed E-state index contributed by atoms with van der Waals surface area (Å²) in [5.74, 6) is 0.730. The molecule has 0 aliphatic carbocycles. The lowest BCUT2D eigenvalue weighted by molar-refractivity contribution is -0.137. The summed E-state index contributed by atoms with van der Waals surface area (Å²) >= 11 is 0. The van der Waals surface area contributed by atoms with Crippen molar-refractivity contribution in [2.75, 3.05) is 0 Å². The van der Waals surface area contributed by atoms with Crippen molar-refractivity contribution < 1.29 is 13.2 Å². The number of pyridine rings is 1. The van der Waals surface area contributed by atoms with Crippen LogP contribution in [0.1, 0.15) is 5.56 Å². The highest BCUT2D eigenvalue weighted by molar-refractivity contribution is 6.21. The van der Waals surface area contributed by atoms with Crippen LogP contribution in [0.5, 0.6) is 0 Å². The van der Waals surface area contributed by atoms with Gasteiger partial charge in [-0.2, -0.15) is 13.2 Å². The molecule has 0 spiro atoms. The Morgan fingerprint density at radius 1 is 0.294 bits per heavy atom. The predicted molar refractivity (Wildman–Crippen MR) is 272 cm³/mol. The highest BCUT2D eigenvalue weighted by Crippen LogP contribution is 2.43. The number of aromatic nitrogens is 5. The van der Waals surface area contributed by atoms with Crippen molar-refractivity contribution in [2.45, 2.75) is 6.18 Å². The number of fused-ring (bicyclic) bond motifs is 12. The SMILES string of the molecule is FC(F)(F)c1ccc2c3cc4c5ccccc5n(-c5cc(-c6cccc(-n7c8ccccc8c8cc9c%10ccccc%10n(-c%10ccccc%10)c9cc87)c6)ccn5)c4cc3n(-c3ccccc3)c2c1.